The van der Waals surface area contributed by atoms with Crippen molar-refractivity contribution in [3.63, 3.8) is 0 Å². The lowest BCUT2D eigenvalue weighted by Gasteiger charge is -2.34. The van der Waals surface area contributed by atoms with Crippen molar-refractivity contribution in [2.24, 2.45) is 11.8 Å². The number of carbonyl (C=O) groups is 1. The van der Waals surface area contributed by atoms with Gasteiger partial charge in [0.25, 0.3) is 5.91 Å². The first-order chi connectivity index (χ1) is 12.4. The Hall–Kier alpha value is -2.01. The quantitative estimate of drug-likeness (QED) is 0.837. The summed E-state index contributed by atoms with van der Waals surface area (Å²) in [5.41, 5.74) is 4.08. The molecule has 3 rings (SSSR count). The summed E-state index contributed by atoms with van der Waals surface area (Å²) in [5.74, 6) is 1.52. The lowest BCUT2D eigenvalue weighted by Crippen LogP contribution is -2.40. The Morgan fingerprint density at radius 1 is 1.12 bits per heavy atom. The van der Waals surface area contributed by atoms with E-state index in [1.165, 1.54) is 19.5 Å². The standard InChI is InChI=1S/C21H30N4O/c1-14-10-15(2)13-25(12-14)9-5-8-22-21(26)18-6-7-19-20(11-18)24-17(4)16(3)23-19/h6-7,11,14-15H,5,8-10,12-13H2,1-4H3,(H,22,26). The molecule has 2 unspecified atom stereocenters. The third kappa shape index (κ3) is 4.58. The first-order valence-electron chi connectivity index (χ1n) is 9.68. The summed E-state index contributed by atoms with van der Waals surface area (Å²) in [6.45, 7) is 12.7. The van der Waals surface area contributed by atoms with Gasteiger partial charge in [-0.15, -0.1) is 0 Å². The van der Waals surface area contributed by atoms with Crippen molar-refractivity contribution in [1.82, 2.24) is 20.2 Å². The van der Waals surface area contributed by atoms with Crippen LogP contribution in [0.25, 0.3) is 11.0 Å². The highest BCUT2D eigenvalue weighted by molar-refractivity contribution is 5.97. The number of carbonyl (C=O) groups excluding carboxylic acids is 1. The highest BCUT2D eigenvalue weighted by Gasteiger charge is 2.21. The predicted octanol–water partition coefficient (Wildman–Crippen LogP) is 3.34. The fourth-order valence-corrected chi connectivity index (χ4v) is 3.95. The topological polar surface area (TPSA) is 58.1 Å². The number of piperidine rings is 1. The van der Waals surface area contributed by atoms with Gasteiger partial charge in [0.2, 0.25) is 0 Å². The molecule has 1 aliphatic heterocycles. The molecule has 1 aromatic carbocycles. The first-order valence-corrected chi connectivity index (χ1v) is 9.68. The lowest BCUT2D eigenvalue weighted by atomic mass is 9.92. The fourth-order valence-electron chi connectivity index (χ4n) is 3.95. The molecule has 5 nitrogen and oxygen atoms in total. The smallest absolute Gasteiger partial charge is 0.251 e. The largest absolute Gasteiger partial charge is 0.352 e. The molecule has 0 bridgehead atoms. The van der Waals surface area contributed by atoms with Crippen molar-refractivity contribution in [2.45, 2.75) is 40.5 Å². The number of aromatic nitrogens is 2. The summed E-state index contributed by atoms with van der Waals surface area (Å²) < 4.78 is 0. The molecule has 0 radical (unpaired) electrons. The second-order valence-corrected chi connectivity index (χ2v) is 7.91. The number of amides is 1. The molecule has 1 saturated heterocycles. The van der Waals surface area contributed by atoms with Crippen molar-refractivity contribution >= 4 is 16.9 Å². The average molecular weight is 354 g/mol. The molecule has 140 valence electrons. The monoisotopic (exact) mass is 354 g/mol. The van der Waals surface area contributed by atoms with Crippen LogP contribution in [0, 0.1) is 25.7 Å². The molecular weight excluding hydrogens is 324 g/mol. The molecule has 26 heavy (non-hydrogen) atoms. The van der Waals surface area contributed by atoms with Gasteiger partial charge in [0.1, 0.15) is 0 Å². The molecule has 2 aromatic rings. The molecule has 1 aromatic heterocycles. The Morgan fingerprint density at radius 2 is 1.77 bits per heavy atom. The third-order valence-corrected chi connectivity index (χ3v) is 5.22. The summed E-state index contributed by atoms with van der Waals surface area (Å²) >= 11 is 0. The molecule has 5 heteroatoms. The molecule has 2 atom stereocenters. The maximum atomic E-state index is 12.4. The van der Waals surface area contributed by atoms with E-state index in [0.717, 1.165) is 47.2 Å². The molecule has 0 saturated carbocycles. The van der Waals surface area contributed by atoms with Crippen LogP contribution in [0.5, 0.6) is 0 Å². The number of hydrogen-bond donors (Lipinski definition) is 1. The van der Waals surface area contributed by atoms with Gasteiger partial charge in [-0.2, -0.15) is 0 Å². The van der Waals surface area contributed by atoms with Gasteiger partial charge in [0.15, 0.2) is 0 Å². The molecular formula is C21H30N4O. The van der Waals surface area contributed by atoms with E-state index in [2.05, 4.69) is 34.0 Å². The second kappa shape index (κ2) is 8.12. The molecule has 1 fully saturated rings. The zero-order valence-corrected chi connectivity index (χ0v) is 16.4. The highest BCUT2D eigenvalue weighted by Crippen LogP contribution is 2.20. The van der Waals surface area contributed by atoms with E-state index in [1.807, 2.05) is 32.0 Å². The number of rotatable bonds is 5. The number of aryl methyl sites for hydroxylation is 2. The van der Waals surface area contributed by atoms with Crippen molar-refractivity contribution in [2.75, 3.05) is 26.2 Å². The Balaban J connectivity index is 1.52. The van der Waals surface area contributed by atoms with Crippen molar-refractivity contribution < 1.29 is 4.79 Å². The van der Waals surface area contributed by atoms with Gasteiger partial charge in [-0.3, -0.25) is 4.79 Å². The van der Waals surface area contributed by atoms with Crippen LogP contribution < -0.4 is 5.32 Å². The Morgan fingerprint density at radius 3 is 2.46 bits per heavy atom. The van der Waals surface area contributed by atoms with Crippen LogP contribution >= 0.6 is 0 Å². The summed E-state index contributed by atoms with van der Waals surface area (Å²) in [6.07, 6.45) is 2.31. The molecule has 1 N–H and O–H groups in total. The highest BCUT2D eigenvalue weighted by atomic mass is 16.1. The number of hydrogen-bond acceptors (Lipinski definition) is 4. The van der Waals surface area contributed by atoms with Gasteiger partial charge >= 0.3 is 0 Å². The summed E-state index contributed by atoms with van der Waals surface area (Å²) in [5, 5.41) is 3.04. The van der Waals surface area contributed by atoms with E-state index in [9.17, 15) is 4.79 Å². The van der Waals surface area contributed by atoms with Crippen molar-refractivity contribution in [1.29, 1.82) is 0 Å². The molecule has 1 amide bonds. The SMILES string of the molecule is Cc1nc2ccc(C(=O)NCCCN3CC(C)CC(C)C3)cc2nc1C. The Kier molecular flexibility index (Phi) is 5.87. The minimum absolute atomic E-state index is 0.0349. The summed E-state index contributed by atoms with van der Waals surface area (Å²) in [7, 11) is 0. The van der Waals surface area contributed by atoms with E-state index in [0.29, 0.717) is 12.1 Å². The number of nitrogens with zero attached hydrogens (tertiary/aromatic N) is 3. The summed E-state index contributed by atoms with van der Waals surface area (Å²) in [6, 6.07) is 5.54. The van der Waals surface area contributed by atoms with Gasteiger partial charge in [0.05, 0.1) is 22.4 Å². The maximum Gasteiger partial charge on any atom is 0.251 e. The van der Waals surface area contributed by atoms with Crippen LogP contribution in [0.4, 0.5) is 0 Å². The zero-order valence-electron chi connectivity index (χ0n) is 16.4. The average Bonchev–Trinajstić information content (AvgIpc) is 2.58. The number of likely N-dealkylation sites (tertiary alicyclic amines) is 1. The minimum Gasteiger partial charge on any atom is -0.352 e. The molecule has 1 aliphatic rings. The normalized spacial score (nSPS) is 21.1. The van der Waals surface area contributed by atoms with Crippen LogP contribution in [0.1, 0.15) is 48.4 Å². The summed E-state index contributed by atoms with van der Waals surface area (Å²) in [4.78, 5) is 24.0. The van der Waals surface area contributed by atoms with Crippen molar-refractivity contribution in [3.8, 4) is 0 Å². The number of fused-ring (bicyclic) bond motifs is 1. The third-order valence-electron chi connectivity index (χ3n) is 5.22. The van der Waals surface area contributed by atoms with E-state index in [-0.39, 0.29) is 5.91 Å². The number of benzene rings is 1. The fraction of sp³-hybridized carbons (Fsp3) is 0.571. The van der Waals surface area contributed by atoms with E-state index in [1.54, 1.807) is 0 Å². The maximum absolute atomic E-state index is 12.4. The minimum atomic E-state index is -0.0349. The van der Waals surface area contributed by atoms with Crippen LogP contribution in [0.3, 0.4) is 0 Å². The lowest BCUT2D eigenvalue weighted by molar-refractivity contribution is 0.0947. The van der Waals surface area contributed by atoms with Gasteiger partial charge in [0, 0.05) is 25.2 Å². The van der Waals surface area contributed by atoms with E-state index >= 15 is 0 Å². The number of nitrogens with one attached hydrogen (secondary N) is 1. The van der Waals surface area contributed by atoms with Gasteiger partial charge in [-0.1, -0.05) is 13.8 Å². The predicted molar refractivity (Wildman–Crippen MR) is 105 cm³/mol. The first kappa shape index (κ1) is 18.8. The van der Waals surface area contributed by atoms with Crippen LogP contribution in [0.2, 0.25) is 0 Å². The van der Waals surface area contributed by atoms with E-state index in [4.69, 9.17) is 0 Å². The molecule has 2 heterocycles. The molecule has 0 spiro atoms. The Bertz CT molecular complexity index is 779. The van der Waals surface area contributed by atoms with Crippen LogP contribution in [0.15, 0.2) is 18.2 Å². The van der Waals surface area contributed by atoms with Crippen LogP contribution in [-0.4, -0.2) is 47.0 Å². The van der Waals surface area contributed by atoms with Crippen LogP contribution in [-0.2, 0) is 0 Å². The van der Waals surface area contributed by atoms with Gasteiger partial charge in [-0.05, 0) is 63.3 Å². The Labute approximate surface area is 156 Å². The van der Waals surface area contributed by atoms with E-state index < -0.39 is 0 Å². The van der Waals surface area contributed by atoms with Gasteiger partial charge in [-0.25, -0.2) is 9.97 Å². The van der Waals surface area contributed by atoms with Gasteiger partial charge < -0.3 is 10.2 Å². The second-order valence-electron chi connectivity index (χ2n) is 7.91. The molecule has 0 aliphatic carbocycles. The van der Waals surface area contributed by atoms with Crippen molar-refractivity contribution in [3.05, 3.63) is 35.2 Å². The zero-order chi connectivity index (χ0) is 18.7.